The first-order chi connectivity index (χ1) is 9.90. The van der Waals surface area contributed by atoms with Crippen molar-refractivity contribution in [1.82, 2.24) is 0 Å². The van der Waals surface area contributed by atoms with Crippen molar-refractivity contribution in [3.8, 4) is 0 Å². The van der Waals surface area contributed by atoms with Gasteiger partial charge in [0, 0.05) is 10.6 Å². The van der Waals surface area contributed by atoms with Gasteiger partial charge in [-0.25, -0.2) is 4.39 Å². The number of hydrogen-bond acceptors (Lipinski definition) is 2. The van der Waals surface area contributed by atoms with Crippen LogP contribution in [0.3, 0.4) is 0 Å². The summed E-state index contributed by atoms with van der Waals surface area (Å²) in [7, 11) is 0. The van der Waals surface area contributed by atoms with Crippen molar-refractivity contribution in [2.75, 3.05) is 5.32 Å². The minimum Gasteiger partial charge on any atom is -0.389 e. The van der Waals surface area contributed by atoms with Crippen molar-refractivity contribution in [2.45, 2.75) is 0 Å². The third-order valence-corrected chi connectivity index (χ3v) is 3.76. The van der Waals surface area contributed by atoms with E-state index in [4.69, 9.17) is 29.6 Å². The minimum atomic E-state index is -0.645. The molecule has 108 valence electrons. The van der Waals surface area contributed by atoms with E-state index in [1.807, 2.05) is 0 Å². The van der Waals surface area contributed by atoms with Crippen LogP contribution in [-0.4, -0.2) is 10.9 Å². The summed E-state index contributed by atoms with van der Waals surface area (Å²) in [4.78, 5) is 12.3. The maximum absolute atomic E-state index is 13.9. The van der Waals surface area contributed by atoms with Gasteiger partial charge >= 0.3 is 0 Å². The van der Waals surface area contributed by atoms with Crippen LogP contribution in [-0.2, 0) is 0 Å². The van der Waals surface area contributed by atoms with Crippen LogP contribution in [0, 0.1) is 5.82 Å². The number of benzene rings is 2. The van der Waals surface area contributed by atoms with Gasteiger partial charge in [-0.05, 0) is 46.3 Å². The zero-order valence-corrected chi connectivity index (χ0v) is 13.7. The molecule has 0 saturated carbocycles. The summed E-state index contributed by atoms with van der Waals surface area (Å²) in [6, 6.07) is 9.15. The molecule has 0 heterocycles. The van der Waals surface area contributed by atoms with Crippen molar-refractivity contribution in [2.24, 2.45) is 5.73 Å². The molecule has 0 aliphatic rings. The molecule has 3 N–H and O–H groups in total. The first-order valence-electron chi connectivity index (χ1n) is 5.75. The quantitative estimate of drug-likeness (QED) is 0.779. The van der Waals surface area contributed by atoms with E-state index < -0.39 is 11.7 Å². The number of thiocarbonyl (C=S) groups is 1. The highest BCUT2D eigenvalue weighted by Crippen LogP contribution is 2.24. The van der Waals surface area contributed by atoms with Crippen LogP contribution >= 0.6 is 39.7 Å². The highest BCUT2D eigenvalue weighted by atomic mass is 79.9. The fraction of sp³-hybridized carbons (Fsp3) is 0. The molecule has 0 bridgehead atoms. The SMILES string of the molecule is NC(=S)c1ccc(Cl)cc1NC(=O)c1cccc(Br)c1F. The zero-order valence-electron chi connectivity index (χ0n) is 10.5. The molecule has 1 amide bonds. The normalized spacial score (nSPS) is 10.2. The Morgan fingerprint density at radius 3 is 2.67 bits per heavy atom. The molecule has 0 spiro atoms. The summed E-state index contributed by atoms with van der Waals surface area (Å²) in [5.41, 5.74) is 6.28. The molecule has 2 aromatic rings. The first kappa shape index (κ1) is 15.9. The van der Waals surface area contributed by atoms with Crippen molar-refractivity contribution in [1.29, 1.82) is 0 Å². The number of carbonyl (C=O) groups is 1. The summed E-state index contributed by atoms with van der Waals surface area (Å²) in [6.07, 6.45) is 0. The second kappa shape index (κ2) is 6.51. The molecule has 0 radical (unpaired) electrons. The predicted molar refractivity (Wildman–Crippen MR) is 89.4 cm³/mol. The third kappa shape index (κ3) is 3.58. The van der Waals surface area contributed by atoms with Gasteiger partial charge in [0.2, 0.25) is 0 Å². The number of amides is 1. The van der Waals surface area contributed by atoms with E-state index in [1.54, 1.807) is 18.2 Å². The van der Waals surface area contributed by atoms with Gasteiger partial charge in [-0.15, -0.1) is 0 Å². The zero-order chi connectivity index (χ0) is 15.6. The van der Waals surface area contributed by atoms with E-state index in [9.17, 15) is 9.18 Å². The Morgan fingerprint density at radius 2 is 2.00 bits per heavy atom. The predicted octanol–water partition coefficient (Wildman–Crippen LogP) is 4.13. The monoisotopic (exact) mass is 386 g/mol. The Hall–Kier alpha value is -1.50. The number of nitrogens with one attached hydrogen (secondary N) is 1. The lowest BCUT2D eigenvalue weighted by Crippen LogP contribution is -2.18. The van der Waals surface area contributed by atoms with Crippen LogP contribution in [0.2, 0.25) is 5.02 Å². The van der Waals surface area contributed by atoms with E-state index in [-0.39, 0.29) is 15.0 Å². The molecule has 2 aromatic carbocycles. The van der Waals surface area contributed by atoms with Crippen molar-refractivity contribution < 1.29 is 9.18 Å². The summed E-state index contributed by atoms with van der Waals surface area (Å²) in [6.45, 7) is 0. The highest BCUT2D eigenvalue weighted by molar-refractivity contribution is 9.10. The average molecular weight is 388 g/mol. The molecule has 2 rings (SSSR count). The van der Waals surface area contributed by atoms with Crippen LogP contribution in [0.25, 0.3) is 0 Å². The molecular formula is C14H9BrClFN2OS. The smallest absolute Gasteiger partial charge is 0.258 e. The lowest BCUT2D eigenvalue weighted by Gasteiger charge is -2.11. The summed E-state index contributed by atoms with van der Waals surface area (Å²) >= 11 is 13.8. The highest BCUT2D eigenvalue weighted by Gasteiger charge is 2.16. The van der Waals surface area contributed by atoms with E-state index in [1.165, 1.54) is 18.2 Å². The molecule has 0 aliphatic heterocycles. The van der Waals surface area contributed by atoms with Gasteiger partial charge in [0.15, 0.2) is 0 Å². The molecule has 0 unspecified atom stereocenters. The van der Waals surface area contributed by atoms with Crippen molar-refractivity contribution in [3.05, 3.63) is 62.8 Å². The van der Waals surface area contributed by atoms with Crippen LogP contribution in [0.4, 0.5) is 10.1 Å². The Labute approximate surface area is 139 Å². The van der Waals surface area contributed by atoms with Crippen LogP contribution in [0.5, 0.6) is 0 Å². The molecule has 3 nitrogen and oxygen atoms in total. The van der Waals surface area contributed by atoms with Gasteiger partial charge in [-0.3, -0.25) is 4.79 Å². The Morgan fingerprint density at radius 1 is 1.29 bits per heavy atom. The molecule has 0 atom stereocenters. The van der Waals surface area contributed by atoms with E-state index in [0.717, 1.165) is 0 Å². The Bertz CT molecular complexity index is 739. The van der Waals surface area contributed by atoms with Gasteiger partial charge in [0.05, 0.1) is 15.7 Å². The molecular weight excluding hydrogens is 379 g/mol. The van der Waals surface area contributed by atoms with Gasteiger partial charge in [-0.1, -0.05) is 29.9 Å². The lowest BCUT2D eigenvalue weighted by atomic mass is 10.1. The summed E-state index contributed by atoms with van der Waals surface area (Å²) < 4.78 is 14.1. The van der Waals surface area contributed by atoms with Crippen LogP contribution < -0.4 is 11.1 Å². The molecule has 21 heavy (non-hydrogen) atoms. The van der Waals surface area contributed by atoms with Crippen LogP contribution in [0.15, 0.2) is 40.9 Å². The molecule has 0 aromatic heterocycles. The van der Waals surface area contributed by atoms with Crippen LogP contribution in [0.1, 0.15) is 15.9 Å². The Kier molecular flexibility index (Phi) is 4.92. The first-order valence-corrected chi connectivity index (χ1v) is 7.33. The largest absolute Gasteiger partial charge is 0.389 e. The van der Waals surface area contributed by atoms with E-state index in [0.29, 0.717) is 16.3 Å². The van der Waals surface area contributed by atoms with Crippen molar-refractivity contribution in [3.63, 3.8) is 0 Å². The second-order valence-electron chi connectivity index (χ2n) is 4.11. The molecule has 7 heteroatoms. The number of anilines is 1. The maximum Gasteiger partial charge on any atom is 0.258 e. The minimum absolute atomic E-state index is 0.0989. The topological polar surface area (TPSA) is 55.1 Å². The summed E-state index contributed by atoms with van der Waals surface area (Å²) in [5.74, 6) is -1.26. The van der Waals surface area contributed by atoms with Gasteiger partial charge in [0.1, 0.15) is 10.8 Å². The number of rotatable bonds is 3. The average Bonchev–Trinajstić information content (AvgIpc) is 2.41. The van der Waals surface area contributed by atoms with Crippen molar-refractivity contribution >= 4 is 56.3 Å². The number of hydrogen-bond donors (Lipinski definition) is 2. The van der Waals surface area contributed by atoms with E-state index >= 15 is 0 Å². The second-order valence-corrected chi connectivity index (χ2v) is 5.84. The van der Waals surface area contributed by atoms with E-state index in [2.05, 4.69) is 21.2 Å². The molecule has 0 fully saturated rings. The number of nitrogens with two attached hydrogens (primary N) is 1. The number of carbonyl (C=O) groups excluding carboxylic acids is 1. The maximum atomic E-state index is 13.9. The standard InChI is InChI=1S/C14H9BrClFN2OS/c15-10-3-1-2-9(12(10)17)14(20)19-11-6-7(16)4-5-8(11)13(18)21/h1-6H,(H2,18,21)(H,19,20). The summed E-state index contributed by atoms with van der Waals surface area (Å²) in [5, 5.41) is 2.97. The lowest BCUT2D eigenvalue weighted by molar-refractivity contribution is 0.102. The fourth-order valence-corrected chi connectivity index (χ4v) is 2.42. The molecule has 0 saturated heterocycles. The number of halogens is 3. The van der Waals surface area contributed by atoms with Gasteiger partial charge in [0.25, 0.3) is 5.91 Å². The van der Waals surface area contributed by atoms with Gasteiger partial charge in [-0.2, -0.15) is 0 Å². The fourth-order valence-electron chi connectivity index (χ4n) is 1.70. The molecule has 0 aliphatic carbocycles. The van der Waals surface area contributed by atoms with Gasteiger partial charge < -0.3 is 11.1 Å². The third-order valence-electron chi connectivity index (χ3n) is 2.69. The Balaban J connectivity index is 2.38.